The van der Waals surface area contributed by atoms with E-state index >= 15 is 0 Å². The fraction of sp³-hybridized carbons (Fsp3) is 0.538. The number of carbonyl (C=O) groups excluding carboxylic acids is 2. The molecule has 9 nitrogen and oxygen atoms in total. The maximum Gasteiger partial charge on any atom is 0.232 e. The maximum atomic E-state index is 12.8. The van der Waals surface area contributed by atoms with Gasteiger partial charge in [0.05, 0.1) is 20.0 Å². The summed E-state index contributed by atoms with van der Waals surface area (Å²) >= 11 is 7.57. The molecule has 2 aromatic rings. The molecule has 0 N–H and O–H groups in total. The average Bonchev–Trinajstić information content (AvgIpc) is 2.89. The summed E-state index contributed by atoms with van der Waals surface area (Å²) < 4.78 is 10.6. The maximum absolute atomic E-state index is 12.8. The Hall–Kier alpha value is -2.72. The van der Waals surface area contributed by atoms with Crippen LogP contribution in [-0.4, -0.2) is 90.8 Å². The number of methoxy groups -OCH3 is 2. The number of carbonyl (C=O) groups is 2. The van der Waals surface area contributed by atoms with Gasteiger partial charge in [0.1, 0.15) is 11.0 Å². The van der Waals surface area contributed by atoms with Gasteiger partial charge in [0, 0.05) is 51.8 Å². The Balaban J connectivity index is 1.54. The number of hydrogen-bond donors (Lipinski definition) is 0. The molecule has 0 bridgehead atoms. The molecule has 1 fully saturated rings. The van der Waals surface area contributed by atoms with Gasteiger partial charge in [-0.3, -0.25) is 9.59 Å². The van der Waals surface area contributed by atoms with Crippen molar-refractivity contribution in [3.63, 3.8) is 0 Å². The van der Waals surface area contributed by atoms with Gasteiger partial charge in [-0.2, -0.15) is 0 Å². The van der Waals surface area contributed by atoms with E-state index < -0.39 is 0 Å². The van der Waals surface area contributed by atoms with Gasteiger partial charge in [-0.15, -0.1) is 0 Å². The smallest absolute Gasteiger partial charge is 0.232 e. The molecular weight excluding hydrogens is 514 g/mol. The lowest BCUT2D eigenvalue weighted by atomic mass is 10.1. The lowest BCUT2D eigenvalue weighted by molar-refractivity contribution is -0.133. The van der Waals surface area contributed by atoms with Gasteiger partial charge >= 0.3 is 0 Å². The van der Waals surface area contributed by atoms with Crippen molar-refractivity contribution in [2.75, 3.05) is 58.1 Å². The number of aromatic nitrogens is 2. The van der Waals surface area contributed by atoms with E-state index in [0.29, 0.717) is 66.6 Å². The van der Waals surface area contributed by atoms with E-state index in [1.165, 1.54) is 11.8 Å². The standard InChI is InChI=1S/C26H36ClN5O4S/c1-6-7-24(33)32-13-12-31(16-18(32)2)23-15-22(27)28-26(29-23)37-17-25(34)30(3)11-10-19-8-9-20(35-4)21(14-19)36-5/h8-9,14-15,18H,6-7,10-13,16-17H2,1-5H3. The number of nitrogens with zero attached hydrogens (tertiary/aromatic N) is 5. The third kappa shape index (κ3) is 7.88. The van der Waals surface area contributed by atoms with Gasteiger partial charge in [-0.05, 0) is 37.5 Å². The van der Waals surface area contributed by atoms with Crippen LogP contribution in [0.1, 0.15) is 32.3 Å². The number of likely N-dealkylation sites (N-methyl/N-ethyl adjacent to an activating group) is 1. The Labute approximate surface area is 228 Å². The predicted molar refractivity (Wildman–Crippen MR) is 147 cm³/mol. The molecule has 0 aliphatic carbocycles. The summed E-state index contributed by atoms with van der Waals surface area (Å²) in [6, 6.07) is 7.57. The van der Waals surface area contributed by atoms with Crippen LogP contribution in [0, 0.1) is 0 Å². The van der Waals surface area contributed by atoms with Gasteiger partial charge in [-0.1, -0.05) is 36.4 Å². The highest BCUT2D eigenvalue weighted by atomic mass is 35.5. The summed E-state index contributed by atoms with van der Waals surface area (Å²) in [5.41, 5.74) is 1.05. The Bertz CT molecular complexity index is 1090. The van der Waals surface area contributed by atoms with Crippen LogP contribution < -0.4 is 14.4 Å². The van der Waals surface area contributed by atoms with Crippen LogP contribution in [0.3, 0.4) is 0 Å². The fourth-order valence-corrected chi connectivity index (χ4v) is 5.22. The number of benzene rings is 1. The molecule has 1 saturated heterocycles. The van der Waals surface area contributed by atoms with E-state index in [1.807, 2.05) is 30.0 Å². The van der Waals surface area contributed by atoms with Crippen LogP contribution in [0.5, 0.6) is 11.5 Å². The third-order valence-electron chi connectivity index (χ3n) is 6.33. The van der Waals surface area contributed by atoms with Gasteiger partial charge in [0.15, 0.2) is 16.7 Å². The Morgan fingerprint density at radius 3 is 2.59 bits per heavy atom. The Kier molecular flexibility index (Phi) is 10.7. The molecule has 3 rings (SSSR count). The predicted octanol–water partition coefficient (Wildman–Crippen LogP) is 3.78. The highest BCUT2D eigenvalue weighted by Gasteiger charge is 2.28. The lowest BCUT2D eigenvalue weighted by Crippen LogP contribution is -2.54. The lowest BCUT2D eigenvalue weighted by Gasteiger charge is -2.40. The van der Waals surface area contributed by atoms with Crippen LogP contribution in [0.25, 0.3) is 0 Å². The van der Waals surface area contributed by atoms with Crippen LogP contribution in [-0.2, 0) is 16.0 Å². The van der Waals surface area contributed by atoms with Crippen molar-refractivity contribution in [3.05, 3.63) is 35.0 Å². The quantitative estimate of drug-likeness (QED) is 0.238. The van der Waals surface area contributed by atoms with Crippen molar-refractivity contribution in [1.82, 2.24) is 19.8 Å². The van der Waals surface area contributed by atoms with Crippen LogP contribution in [0.2, 0.25) is 5.15 Å². The van der Waals surface area contributed by atoms with Crippen molar-refractivity contribution in [3.8, 4) is 11.5 Å². The molecule has 1 aromatic heterocycles. The number of piperazine rings is 1. The monoisotopic (exact) mass is 549 g/mol. The van der Waals surface area contributed by atoms with Crippen molar-refractivity contribution in [2.45, 2.75) is 44.3 Å². The van der Waals surface area contributed by atoms with Gasteiger partial charge in [0.25, 0.3) is 0 Å². The van der Waals surface area contributed by atoms with Crippen LogP contribution >= 0.6 is 23.4 Å². The van der Waals surface area contributed by atoms with Crippen molar-refractivity contribution < 1.29 is 19.1 Å². The second kappa shape index (κ2) is 13.7. The summed E-state index contributed by atoms with van der Waals surface area (Å²) in [6.07, 6.45) is 2.11. The summed E-state index contributed by atoms with van der Waals surface area (Å²) in [4.78, 5) is 39.8. The topological polar surface area (TPSA) is 88.1 Å². The number of halogens is 1. The molecule has 1 unspecified atom stereocenters. The zero-order valence-corrected chi connectivity index (χ0v) is 23.8. The second-order valence-corrected chi connectivity index (χ2v) is 10.3. The molecule has 0 radical (unpaired) electrons. The van der Waals surface area contributed by atoms with Crippen molar-refractivity contribution in [2.24, 2.45) is 0 Å². The molecule has 11 heteroatoms. The SMILES string of the molecule is CCCC(=O)N1CCN(c2cc(Cl)nc(SCC(=O)N(C)CCc3ccc(OC)c(OC)c3)n2)CC1C. The van der Waals surface area contributed by atoms with E-state index in [2.05, 4.69) is 21.8 Å². The van der Waals surface area contributed by atoms with E-state index in [0.717, 1.165) is 12.0 Å². The first-order valence-electron chi connectivity index (χ1n) is 12.4. The number of anilines is 1. The minimum Gasteiger partial charge on any atom is -0.493 e. The van der Waals surface area contributed by atoms with E-state index in [4.69, 9.17) is 21.1 Å². The Morgan fingerprint density at radius 1 is 1.16 bits per heavy atom. The highest BCUT2D eigenvalue weighted by molar-refractivity contribution is 7.99. The van der Waals surface area contributed by atoms with Gasteiger partial charge < -0.3 is 24.2 Å². The zero-order valence-electron chi connectivity index (χ0n) is 22.2. The Morgan fingerprint density at radius 2 is 1.92 bits per heavy atom. The molecule has 1 aliphatic rings. The molecule has 1 aliphatic heterocycles. The first kappa shape index (κ1) is 28.8. The van der Waals surface area contributed by atoms with Crippen molar-refractivity contribution >= 4 is 41.0 Å². The number of rotatable bonds is 11. The first-order valence-corrected chi connectivity index (χ1v) is 13.8. The molecule has 1 atom stereocenters. The third-order valence-corrected chi connectivity index (χ3v) is 7.36. The minimum absolute atomic E-state index is 0.0210. The number of ether oxygens (including phenoxy) is 2. The highest BCUT2D eigenvalue weighted by Crippen LogP contribution is 2.28. The molecule has 2 amide bonds. The normalized spacial score (nSPS) is 15.5. The largest absolute Gasteiger partial charge is 0.493 e. The average molecular weight is 550 g/mol. The van der Waals surface area contributed by atoms with E-state index in [1.54, 1.807) is 32.2 Å². The number of thioether (sulfide) groups is 1. The summed E-state index contributed by atoms with van der Waals surface area (Å²) in [5, 5.41) is 0.792. The second-order valence-electron chi connectivity index (χ2n) is 9.01. The summed E-state index contributed by atoms with van der Waals surface area (Å²) in [7, 11) is 4.99. The van der Waals surface area contributed by atoms with E-state index in [9.17, 15) is 9.59 Å². The zero-order chi connectivity index (χ0) is 26.9. The van der Waals surface area contributed by atoms with Gasteiger partial charge in [-0.25, -0.2) is 9.97 Å². The molecule has 202 valence electrons. The number of hydrogen-bond acceptors (Lipinski definition) is 8. The first-order chi connectivity index (χ1) is 17.7. The minimum atomic E-state index is -0.0210. The van der Waals surface area contributed by atoms with Gasteiger partial charge in [0.2, 0.25) is 11.8 Å². The molecular formula is C26H36ClN5O4S. The molecule has 1 aromatic carbocycles. The fourth-order valence-electron chi connectivity index (χ4n) is 4.20. The molecule has 37 heavy (non-hydrogen) atoms. The summed E-state index contributed by atoms with van der Waals surface area (Å²) in [5.74, 6) is 2.44. The molecule has 0 spiro atoms. The molecule has 2 heterocycles. The van der Waals surface area contributed by atoms with Crippen molar-refractivity contribution in [1.29, 1.82) is 0 Å². The van der Waals surface area contributed by atoms with Crippen LogP contribution in [0.4, 0.5) is 5.82 Å². The van der Waals surface area contributed by atoms with Crippen LogP contribution in [0.15, 0.2) is 29.4 Å². The van der Waals surface area contributed by atoms with E-state index in [-0.39, 0.29) is 23.6 Å². The summed E-state index contributed by atoms with van der Waals surface area (Å²) in [6.45, 7) is 6.62. The molecule has 0 saturated carbocycles. The number of amides is 2.